The van der Waals surface area contributed by atoms with Gasteiger partial charge >= 0.3 is 12.0 Å². The number of halogens is 1. The summed E-state index contributed by atoms with van der Waals surface area (Å²) in [6, 6.07) is 11.1. The van der Waals surface area contributed by atoms with Crippen LogP contribution in [0.2, 0.25) is 0 Å². The number of carbonyl (C=O) groups is 4. The molecule has 1 aromatic heterocycles. The Hall–Kier alpha value is -4.65. The predicted octanol–water partition coefficient (Wildman–Crippen LogP) is 3.62. The van der Waals surface area contributed by atoms with E-state index in [1.165, 1.54) is 23.5 Å². The highest BCUT2D eigenvalue weighted by Gasteiger charge is 2.37. The van der Waals surface area contributed by atoms with Crippen LogP contribution < -0.4 is 30.3 Å². The first kappa shape index (κ1) is 26.9. The molecule has 2 aromatic carbocycles. The monoisotopic (exact) mass is 568 g/mol. The number of hydrogen-bond donors (Lipinski definition) is 4. The molecule has 40 heavy (non-hydrogen) atoms. The van der Waals surface area contributed by atoms with Crippen LogP contribution >= 0.6 is 11.3 Å². The predicted molar refractivity (Wildman–Crippen MR) is 143 cm³/mol. The van der Waals surface area contributed by atoms with Crippen LogP contribution in [0, 0.1) is 11.7 Å². The van der Waals surface area contributed by atoms with Crippen LogP contribution in [-0.2, 0) is 20.9 Å². The summed E-state index contributed by atoms with van der Waals surface area (Å²) in [5.74, 6) is -2.73. The fourth-order valence-corrected chi connectivity index (χ4v) is 5.16. The number of nitrogens with one attached hydrogen (secondary N) is 3. The lowest BCUT2D eigenvalue weighted by Crippen LogP contribution is -2.36. The van der Waals surface area contributed by atoms with Crippen molar-refractivity contribution < 1.29 is 38.1 Å². The maximum atomic E-state index is 14.8. The number of benzene rings is 2. The molecule has 5 rings (SSSR count). The molecule has 13 heteroatoms. The molecular weight excluding hydrogens is 543 g/mol. The molecule has 3 heterocycles. The minimum Gasteiger partial charge on any atom is -0.481 e. The van der Waals surface area contributed by atoms with Crippen LogP contribution in [0.15, 0.2) is 53.9 Å². The second-order valence-corrected chi connectivity index (χ2v) is 10.3. The van der Waals surface area contributed by atoms with Gasteiger partial charge in [0.1, 0.15) is 5.82 Å². The number of thiophene rings is 1. The zero-order chi connectivity index (χ0) is 28.2. The van der Waals surface area contributed by atoms with E-state index in [2.05, 4.69) is 16.0 Å². The second kappa shape index (κ2) is 11.6. The topological polar surface area (TPSA) is 146 Å². The van der Waals surface area contributed by atoms with E-state index in [0.717, 1.165) is 15.8 Å². The minimum absolute atomic E-state index is 0.0435. The number of rotatable bonds is 9. The van der Waals surface area contributed by atoms with Gasteiger partial charge in [0.25, 0.3) is 0 Å². The van der Waals surface area contributed by atoms with Crippen LogP contribution in [0.1, 0.15) is 29.3 Å². The van der Waals surface area contributed by atoms with E-state index >= 15 is 0 Å². The number of ether oxygens (including phenoxy) is 2. The minimum atomic E-state index is -1.13. The molecule has 0 saturated carbocycles. The molecule has 0 spiro atoms. The van der Waals surface area contributed by atoms with Crippen molar-refractivity contribution in [3.63, 3.8) is 0 Å². The molecule has 2 atom stereocenters. The molecule has 0 aliphatic carbocycles. The first-order chi connectivity index (χ1) is 19.3. The Bertz CT molecular complexity index is 1450. The first-order valence-corrected chi connectivity index (χ1v) is 13.2. The smallest absolute Gasteiger partial charge is 0.319 e. The molecule has 1 fully saturated rings. The molecule has 208 valence electrons. The molecular formula is C27H25FN4O7S. The highest BCUT2D eigenvalue weighted by atomic mass is 32.1. The summed E-state index contributed by atoms with van der Waals surface area (Å²) in [5, 5.41) is 19.3. The third-order valence-electron chi connectivity index (χ3n) is 6.49. The standard InChI is InChI=1S/C27H25FN4O7S/c28-19-5-4-17(30-27(37)29-12-18-2-1-7-40-18)10-21(19)32-13-16(9-24(32)33)26(36)31-20(11-25(34)35)15-3-6-22-23(8-15)39-14-38-22/h1-8,10,16,20H,9,11-14H2,(H,31,36)(H,34,35)(H2,29,30,37). The van der Waals surface area contributed by atoms with Crippen LogP contribution in [-0.4, -0.2) is 42.3 Å². The van der Waals surface area contributed by atoms with E-state index in [4.69, 9.17) is 9.47 Å². The third kappa shape index (κ3) is 6.15. The lowest BCUT2D eigenvalue weighted by Gasteiger charge is -2.21. The highest BCUT2D eigenvalue weighted by Crippen LogP contribution is 2.35. The molecule has 2 aliphatic heterocycles. The number of fused-ring (bicyclic) bond motifs is 1. The van der Waals surface area contributed by atoms with Gasteiger partial charge in [-0.05, 0) is 47.3 Å². The van der Waals surface area contributed by atoms with Gasteiger partial charge in [-0.15, -0.1) is 11.3 Å². The van der Waals surface area contributed by atoms with Gasteiger partial charge in [-0.1, -0.05) is 12.1 Å². The molecule has 1 saturated heterocycles. The van der Waals surface area contributed by atoms with E-state index in [1.54, 1.807) is 18.2 Å². The quantitative estimate of drug-likeness (QED) is 0.308. The summed E-state index contributed by atoms with van der Waals surface area (Å²) in [7, 11) is 0. The Morgan fingerprint density at radius 1 is 1.12 bits per heavy atom. The number of carboxylic acids is 1. The highest BCUT2D eigenvalue weighted by molar-refractivity contribution is 7.09. The molecule has 11 nitrogen and oxygen atoms in total. The Balaban J connectivity index is 1.25. The normalized spacial score (nSPS) is 16.5. The summed E-state index contributed by atoms with van der Waals surface area (Å²) in [4.78, 5) is 51.9. The average Bonchev–Trinajstić information content (AvgIpc) is 3.69. The third-order valence-corrected chi connectivity index (χ3v) is 7.36. The van der Waals surface area contributed by atoms with Crippen LogP contribution in [0.3, 0.4) is 0 Å². The number of nitrogens with zero attached hydrogens (tertiary/aromatic N) is 1. The van der Waals surface area contributed by atoms with Crippen molar-refractivity contribution in [2.45, 2.75) is 25.4 Å². The van der Waals surface area contributed by atoms with Gasteiger partial charge in [-0.25, -0.2) is 9.18 Å². The van der Waals surface area contributed by atoms with Gasteiger partial charge in [-0.3, -0.25) is 14.4 Å². The van der Waals surface area contributed by atoms with Gasteiger partial charge in [-0.2, -0.15) is 0 Å². The maximum absolute atomic E-state index is 14.8. The Morgan fingerprint density at radius 2 is 1.95 bits per heavy atom. The molecule has 0 radical (unpaired) electrons. The molecule has 2 aliphatic rings. The van der Waals surface area contributed by atoms with E-state index in [9.17, 15) is 28.7 Å². The van der Waals surface area contributed by atoms with E-state index < -0.39 is 48.0 Å². The maximum Gasteiger partial charge on any atom is 0.319 e. The van der Waals surface area contributed by atoms with Gasteiger partial charge in [0.05, 0.1) is 30.6 Å². The van der Waals surface area contributed by atoms with Crippen molar-refractivity contribution in [1.29, 1.82) is 0 Å². The lowest BCUT2D eigenvalue weighted by molar-refractivity contribution is -0.138. The number of aliphatic carboxylic acids is 1. The van der Waals surface area contributed by atoms with E-state index in [1.807, 2.05) is 17.5 Å². The average molecular weight is 569 g/mol. The van der Waals surface area contributed by atoms with Crippen molar-refractivity contribution >= 4 is 46.5 Å². The summed E-state index contributed by atoms with van der Waals surface area (Å²) >= 11 is 1.50. The van der Waals surface area contributed by atoms with Crippen LogP contribution in [0.25, 0.3) is 0 Å². The summed E-state index contributed by atoms with van der Waals surface area (Å²) in [5.41, 5.74) is 0.697. The molecule has 4 amide bonds. The fraction of sp³-hybridized carbons (Fsp3) is 0.259. The summed E-state index contributed by atoms with van der Waals surface area (Å²) in [6.07, 6.45) is -0.586. The first-order valence-electron chi connectivity index (χ1n) is 12.4. The summed E-state index contributed by atoms with van der Waals surface area (Å²) < 4.78 is 25.4. The van der Waals surface area contributed by atoms with Crippen molar-refractivity contribution in [2.24, 2.45) is 5.92 Å². The van der Waals surface area contributed by atoms with E-state index in [-0.39, 0.29) is 31.1 Å². The number of carboxylic acid groups (broad SMARTS) is 1. The summed E-state index contributed by atoms with van der Waals surface area (Å²) in [6.45, 7) is 0.256. The fourth-order valence-electron chi connectivity index (χ4n) is 4.52. The van der Waals surface area contributed by atoms with E-state index in [0.29, 0.717) is 23.6 Å². The number of urea groups is 1. The Morgan fingerprint density at radius 3 is 2.73 bits per heavy atom. The molecule has 4 N–H and O–H groups in total. The van der Waals surface area contributed by atoms with Gasteiger partial charge in [0, 0.05) is 23.5 Å². The Kier molecular flexibility index (Phi) is 7.82. The van der Waals surface area contributed by atoms with Crippen molar-refractivity contribution in [1.82, 2.24) is 10.6 Å². The van der Waals surface area contributed by atoms with Crippen molar-refractivity contribution in [3.05, 3.63) is 70.2 Å². The number of amides is 4. The zero-order valence-corrected chi connectivity index (χ0v) is 21.8. The van der Waals surface area contributed by atoms with Crippen molar-refractivity contribution in [3.8, 4) is 11.5 Å². The largest absolute Gasteiger partial charge is 0.481 e. The molecule has 3 aromatic rings. The second-order valence-electron chi connectivity index (χ2n) is 9.23. The molecule has 0 bridgehead atoms. The van der Waals surface area contributed by atoms with Gasteiger partial charge in [0.2, 0.25) is 18.6 Å². The van der Waals surface area contributed by atoms with Crippen molar-refractivity contribution in [2.75, 3.05) is 23.6 Å². The van der Waals surface area contributed by atoms with Gasteiger partial charge < -0.3 is 35.4 Å². The SMILES string of the molecule is O=C(O)CC(NC(=O)C1CC(=O)N(c2cc(NC(=O)NCc3cccs3)ccc2F)C1)c1ccc2c(c1)OCO2. The zero-order valence-electron chi connectivity index (χ0n) is 21.0. The number of carbonyl (C=O) groups excluding carboxylic acids is 3. The van der Waals surface area contributed by atoms with Crippen LogP contribution in [0.5, 0.6) is 11.5 Å². The molecule has 2 unspecified atom stereocenters. The van der Waals surface area contributed by atoms with Gasteiger partial charge in [0.15, 0.2) is 11.5 Å². The number of hydrogen-bond acceptors (Lipinski definition) is 7. The van der Waals surface area contributed by atoms with Crippen LogP contribution in [0.4, 0.5) is 20.6 Å². The Labute approximate surface area is 231 Å². The number of anilines is 2. The lowest BCUT2D eigenvalue weighted by atomic mass is 10.0.